The van der Waals surface area contributed by atoms with E-state index in [4.69, 9.17) is 15.1 Å². The number of carbonyl (C=O) groups is 1. The summed E-state index contributed by atoms with van der Waals surface area (Å²) in [7, 11) is -2.17. The van der Waals surface area contributed by atoms with Crippen molar-refractivity contribution in [2.24, 2.45) is 0 Å². The van der Waals surface area contributed by atoms with Gasteiger partial charge in [-0.15, -0.1) is 0 Å². The second-order valence-electron chi connectivity index (χ2n) is 3.53. The molecule has 0 aliphatic heterocycles. The molecule has 0 bridgehead atoms. The quantitative estimate of drug-likeness (QED) is 0.603. The van der Waals surface area contributed by atoms with Crippen molar-refractivity contribution >= 4 is 18.9 Å². The van der Waals surface area contributed by atoms with E-state index in [2.05, 4.69) is 5.32 Å². The van der Waals surface area contributed by atoms with Crippen LogP contribution in [0.2, 0.25) is 0 Å². The number of nitrogens with one attached hydrogen (secondary N) is 1. The Morgan fingerprint density at radius 3 is 1.74 bits per heavy atom. The molecule has 0 aromatic heterocycles. The van der Waals surface area contributed by atoms with Crippen LogP contribution in [0.15, 0.2) is 60.7 Å². The Hall–Kier alpha value is -2.15. The topological polar surface area (TPSA) is 89.8 Å². The second-order valence-corrected chi connectivity index (χ2v) is 3.53. The van der Waals surface area contributed by atoms with Crippen LogP contribution in [0.4, 0.5) is 5.69 Å². The zero-order valence-electron chi connectivity index (χ0n) is 10.1. The molecule has 6 heteroatoms. The van der Waals surface area contributed by atoms with Crippen molar-refractivity contribution in [1.29, 1.82) is 0 Å². The third kappa shape index (κ3) is 6.37. The zero-order chi connectivity index (χ0) is 14.1. The van der Waals surface area contributed by atoms with E-state index in [-0.39, 0.29) is 5.91 Å². The smallest absolute Gasteiger partial charge is 0.402 e. The summed E-state index contributed by atoms with van der Waals surface area (Å²) in [4.78, 5) is 11.7. The van der Waals surface area contributed by atoms with Gasteiger partial charge in [0.1, 0.15) is 0 Å². The van der Waals surface area contributed by atoms with Gasteiger partial charge in [0.05, 0.1) is 0 Å². The van der Waals surface area contributed by atoms with Crippen molar-refractivity contribution in [3.8, 4) is 0 Å². The van der Waals surface area contributed by atoms with Crippen LogP contribution in [0.5, 0.6) is 0 Å². The lowest BCUT2D eigenvalue weighted by atomic mass is 10.2. The number of carbonyl (C=O) groups excluding carboxylic acids is 1. The van der Waals surface area contributed by atoms with E-state index >= 15 is 0 Å². The molecule has 5 nitrogen and oxygen atoms in total. The molecular weight excluding hydrogens is 245 g/mol. The molecule has 0 unspecified atom stereocenters. The Kier molecular flexibility index (Phi) is 6.31. The Morgan fingerprint density at radius 1 is 0.842 bits per heavy atom. The summed E-state index contributed by atoms with van der Waals surface area (Å²) in [6, 6.07) is 18.6. The highest BCUT2D eigenvalue weighted by Gasteiger charge is 2.03. The summed E-state index contributed by atoms with van der Waals surface area (Å²) in [6.07, 6.45) is 0. The largest absolute Gasteiger partial charge is 0.631 e. The van der Waals surface area contributed by atoms with Crippen molar-refractivity contribution in [3.05, 3.63) is 66.2 Å². The number of hydrogen-bond acceptors (Lipinski definition) is 4. The van der Waals surface area contributed by atoms with E-state index in [1.807, 2.05) is 48.5 Å². The van der Waals surface area contributed by atoms with Gasteiger partial charge in [-0.3, -0.25) is 4.79 Å². The zero-order valence-corrected chi connectivity index (χ0v) is 10.1. The fourth-order valence-electron chi connectivity index (χ4n) is 1.31. The highest BCUT2D eigenvalue weighted by Crippen LogP contribution is 2.07. The number of rotatable bonds is 2. The van der Waals surface area contributed by atoms with Crippen molar-refractivity contribution in [3.63, 3.8) is 0 Å². The van der Waals surface area contributed by atoms with Gasteiger partial charge in [0.25, 0.3) is 5.91 Å². The lowest BCUT2D eigenvalue weighted by molar-refractivity contribution is 0.102. The molecule has 0 aliphatic rings. The van der Waals surface area contributed by atoms with E-state index in [9.17, 15) is 4.79 Å². The first-order valence-corrected chi connectivity index (χ1v) is 5.55. The Bertz CT molecular complexity index is 488. The van der Waals surface area contributed by atoms with Crippen LogP contribution < -0.4 is 5.32 Å². The van der Waals surface area contributed by atoms with Crippen molar-refractivity contribution < 1.29 is 19.9 Å². The maximum Gasteiger partial charge on any atom is 0.631 e. The van der Waals surface area contributed by atoms with E-state index in [0.717, 1.165) is 5.69 Å². The monoisotopic (exact) mass is 259 g/mol. The minimum Gasteiger partial charge on any atom is -0.402 e. The first-order chi connectivity index (χ1) is 9.09. The highest BCUT2D eigenvalue weighted by atomic mass is 16.5. The summed E-state index contributed by atoms with van der Waals surface area (Å²) in [5, 5.41) is 24.3. The molecule has 19 heavy (non-hydrogen) atoms. The van der Waals surface area contributed by atoms with Gasteiger partial charge < -0.3 is 20.4 Å². The van der Waals surface area contributed by atoms with Crippen molar-refractivity contribution in [2.45, 2.75) is 0 Å². The molecule has 0 saturated heterocycles. The number of anilines is 1. The van der Waals surface area contributed by atoms with Gasteiger partial charge in [0, 0.05) is 11.3 Å². The van der Waals surface area contributed by atoms with Crippen LogP contribution in [0, 0.1) is 0 Å². The van der Waals surface area contributed by atoms with Crippen LogP contribution in [0.3, 0.4) is 0 Å². The summed E-state index contributed by atoms with van der Waals surface area (Å²) in [5.41, 5.74) is 1.48. The number of amides is 1. The fraction of sp³-hybridized carbons (Fsp3) is 0. The molecule has 1 amide bonds. The molecule has 2 aromatic rings. The Morgan fingerprint density at radius 2 is 1.26 bits per heavy atom. The summed E-state index contributed by atoms with van der Waals surface area (Å²) < 4.78 is 0. The summed E-state index contributed by atoms with van der Waals surface area (Å²) >= 11 is 0. The van der Waals surface area contributed by atoms with E-state index in [1.54, 1.807) is 12.1 Å². The van der Waals surface area contributed by atoms with E-state index < -0.39 is 7.32 Å². The molecule has 2 rings (SSSR count). The van der Waals surface area contributed by atoms with Crippen LogP contribution in [-0.2, 0) is 0 Å². The van der Waals surface area contributed by atoms with Gasteiger partial charge in [0.2, 0.25) is 0 Å². The van der Waals surface area contributed by atoms with Crippen molar-refractivity contribution in [1.82, 2.24) is 0 Å². The minimum atomic E-state index is -2.17. The average molecular weight is 259 g/mol. The molecule has 4 N–H and O–H groups in total. The van der Waals surface area contributed by atoms with Crippen LogP contribution in [0.1, 0.15) is 10.4 Å². The molecule has 0 fully saturated rings. The van der Waals surface area contributed by atoms with Crippen molar-refractivity contribution in [2.75, 3.05) is 5.32 Å². The highest BCUT2D eigenvalue weighted by molar-refractivity contribution is 6.30. The second kappa shape index (κ2) is 8.04. The van der Waals surface area contributed by atoms with Gasteiger partial charge in [-0.05, 0) is 24.3 Å². The molecule has 0 radical (unpaired) electrons. The third-order valence-electron chi connectivity index (χ3n) is 2.07. The summed E-state index contributed by atoms with van der Waals surface area (Å²) in [5.74, 6) is -0.0817. The van der Waals surface area contributed by atoms with E-state index in [0.29, 0.717) is 5.56 Å². The normalized spacial score (nSPS) is 9.00. The molecule has 0 saturated carbocycles. The molecular formula is C13H14BNO4. The summed E-state index contributed by atoms with van der Waals surface area (Å²) in [6.45, 7) is 0. The fourth-order valence-corrected chi connectivity index (χ4v) is 1.31. The Balaban J connectivity index is 0.000000399. The number of para-hydroxylation sites is 1. The maximum absolute atomic E-state index is 11.7. The van der Waals surface area contributed by atoms with Gasteiger partial charge in [-0.25, -0.2) is 0 Å². The third-order valence-corrected chi connectivity index (χ3v) is 2.07. The SMILES string of the molecule is O=C(Nc1ccccc1)c1ccccc1.OB(O)O. The predicted octanol–water partition coefficient (Wildman–Crippen LogP) is 0.887. The van der Waals surface area contributed by atoms with Gasteiger partial charge >= 0.3 is 7.32 Å². The molecule has 0 heterocycles. The van der Waals surface area contributed by atoms with Crippen LogP contribution in [-0.4, -0.2) is 28.3 Å². The van der Waals surface area contributed by atoms with Gasteiger partial charge in [0.15, 0.2) is 0 Å². The molecule has 0 spiro atoms. The van der Waals surface area contributed by atoms with E-state index in [1.165, 1.54) is 0 Å². The lowest BCUT2D eigenvalue weighted by Crippen LogP contribution is -2.11. The van der Waals surface area contributed by atoms with Gasteiger partial charge in [-0.1, -0.05) is 36.4 Å². The predicted molar refractivity (Wildman–Crippen MR) is 73.2 cm³/mol. The minimum absolute atomic E-state index is 0.0817. The van der Waals surface area contributed by atoms with Gasteiger partial charge in [-0.2, -0.15) is 0 Å². The number of benzene rings is 2. The maximum atomic E-state index is 11.7. The first-order valence-electron chi connectivity index (χ1n) is 5.55. The molecule has 2 aromatic carbocycles. The molecule has 98 valence electrons. The molecule has 0 aliphatic carbocycles. The number of hydrogen-bond donors (Lipinski definition) is 4. The standard InChI is InChI=1S/C13H11NO.BH3O3/c15-13(11-7-3-1-4-8-11)14-12-9-5-2-6-10-12;2-1(3)4/h1-10H,(H,14,15);2-4H. The first kappa shape index (κ1) is 14.9. The van der Waals surface area contributed by atoms with Crippen LogP contribution >= 0.6 is 0 Å². The lowest BCUT2D eigenvalue weighted by Gasteiger charge is -2.03. The molecule has 0 atom stereocenters. The van der Waals surface area contributed by atoms with Crippen LogP contribution in [0.25, 0.3) is 0 Å². The average Bonchev–Trinajstić information content (AvgIpc) is 2.40. The Labute approximate surface area is 111 Å².